The number of anilines is 1. The number of hydrogen-bond acceptors (Lipinski definition) is 5. The lowest BCUT2D eigenvalue weighted by Gasteiger charge is -2.36. The second kappa shape index (κ2) is 9.20. The van der Waals surface area contributed by atoms with Crippen molar-refractivity contribution in [2.24, 2.45) is 0 Å². The fourth-order valence-electron chi connectivity index (χ4n) is 5.58. The highest BCUT2D eigenvalue weighted by Crippen LogP contribution is 2.33. The molecule has 1 fully saturated rings. The maximum absolute atomic E-state index is 5.02. The first-order valence-electron chi connectivity index (χ1n) is 12.2. The Bertz CT molecular complexity index is 1050. The van der Waals surface area contributed by atoms with Gasteiger partial charge in [0.2, 0.25) is 0 Å². The third-order valence-corrected chi connectivity index (χ3v) is 7.42. The van der Waals surface area contributed by atoms with Crippen LogP contribution in [0, 0.1) is 0 Å². The minimum absolute atomic E-state index is 0.388. The molecule has 0 saturated carbocycles. The molecule has 1 aliphatic heterocycles. The van der Waals surface area contributed by atoms with E-state index >= 15 is 0 Å². The lowest BCUT2D eigenvalue weighted by molar-refractivity contribution is 0.173. The largest absolute Gasteiger partial charge is 0.358 e. The average molecular weight is 433 g/mol. The predicted octanol–water partition coefficient (Wildman–Crippen LogP) is 4.16. The van der Waals surface area contributed by atoms with Gasteiger partial charge < -0.3 is 9.80 Å². The van der Waals surface area contributed by atoms with Gasteiger partial charge in [0.05, 0.1) is 17.4 Å². The van der Waals surface area contributed by atoms with E-state index in [-0.39, 0.29) is 0 Å². The lowest BCUT2D eigenvalue weighted by atomic mass is 9.91. The van der Waals surface area contributed by atoms with E-state index in [0.29, 0.717) is 12.1 Å². The Kier molecular flexibility index (Phi) is 6.15. The maximum atomic E-state index is 5.02. The lowest BCUT2D eigenvalue weighted by Crippen LogP contribution is -2.42. The van der Waals surface area contributed by atoms with E-state index in [1.54, 1.807) is 0 Å². The first-order chi connectivity index (χ1) is 15.6. The SMILES string of the molecule is CCN(Cc1cn2c(N3CCC(N(C)C)CC3)cccc2n1)[C@H]1CCCc2cccnc21. The molecule has 0 unspecified atom stereocenters. The molecule has 0 spiro atoms. The normalized spacial score (nSPS) is 19.8. The Labute approximate surface area is 191 Å². The third kappa shape index (κ3) is 4.14. The van der Waals surface area contributed by atoms with Gasteiger partial charge in [0.1, 0.15) is 11.5 Å². The second-order valence-electron chi connectivity index (χ2n) is 9.55. The third-order valence-electron chi connectivity index (χ3n) is 7.42. The number of fused-ring (bicyclic) bond motifs is 2. The Balaban J connectivity index is 1.37. The smallest absolute Gasteiger partial charge is 0.138 e. The van der Waals surface area contributed by atoms with Gasteiger partial charge >= 0.3 is 0 Å². The molecule has 3 aromatic heterocycles. The van der Waals surface area contributed by atoms with Gasteiger partial charge in [-0.1, -0.05) is 19.1 Å². The molecule has 2 aliphatic rings. The Hall–Kier alpha value is -2.44. The number of imidazole rings is 1. The van der Waals surface area contributed by atoms with Crippen molar-refractivity contribution < 1.29 is 0 Å². The van der Waals surface area contributed by atoms with Crippen LogP contribution in [0.5, 0.6) is 0 Å². The number of pyridine rings is 2. The number of aromatic nitrogens is 3. The summed E-state index contributed by atoms with van der Waals surface area (Å²) in [5, 5.41) is 0. The number of piperidine rings is 1. The van der Waals surface area contributed by atoms with E-state index in [1.165, 1.54) is 42.8 Å². The van der Waals surface area contributed by atoms with Crippen molar-refractivity contribution in [3.8, 4) is 0 Å². The zero-order valence-electron chi connectivity index (χ0n) is 19.7. The molecule has 5 rings (SSSR count). The molecule has 6 heteroatoms. The van der Waals surface area contributed by atoms with E-state index in [9.17, 15) is 0 Å². The molecule has 3 aromatic rings. The summed E-state index contributed by atoms with van der Waals surface area (Å²) in [6.07, 6.45) is 10.2. The van der Waals surface area contributed by atoms with E-state index in [0.717, 1.165) is 43.9 Å². The fourth-order valence-corrected chi connectivity index (χ4v) is 5.58. The average Bonchev–Trinajstić information content (AvgIpc) is 3.25. The Morgan fingerprint density at radius 2 is 1.91 bits per heavy atom. The molecule has 1 saturated heterocycles. The highest BCUT2D eigenvalue weighted by Gasteiger charge is 2.27. The monoisotopic (exact) mass is 432 g/mol. The van der Waals surface area contributed by atoms with Crippen LogP contribution in [0.25, 0.3) is 5.65 Å². The van der Waals surface area contributed by atoms with Gasteiger partial charge in [-0.3, -0.25) is 14.3 Å². The topological polar surface area (TPSA) is 39.9 Å². The van der Waals surface area contributed by atoms with E-state index in [2.05, 4.69) is 76.6 Å². The van der Waals surface area contributed by atoms with Gasteiger partial charge in [-0.15, -0.1) is 0 Å². The fraction of sp³-hybridized carbons (Fsp3) is 0.538. The number of aryl methyl sites for hydroxylation is 1. The minimum atomic E-state index is 0.388. The molecule has 0 aromatic carbocycles. The molecule has 0 radical (unpaired) electrons. The summed E-state index contributed by atoms with van der Waals surface area (Å²) in [6, 6.07) is 11.9. The molecule has 6 nitrogen and oxygen atoms in total. The van der Waals surface area contributed by atoms with Crippen LogP contribution in [-0.2, 0) is 13.0 Å². The summed E-state index contributed by atoms with van der Waals surface area (Å²) in [5.74, 6) is 1.27. The Morgan fingerprint density at radius 3 is 2.69 bits per heavy atom. The molecule has 0 bridgehead atoms. The summed E-state index contributed by atoms with van der Waals surface area (Å²) in [5.41, 5.74) is 4.88. The molecular weight excluding hydrogens is 396 g/mol. The maximum Gasteiger partial charge on any atom is 0.138 e. The van der Waals surface area contributed by atoms with Crippen LogP contribution in [0.4, 0.5) is 5.82 Å². The Morgan fingerprint density at radius 1 is 1.06 bits per heavy atom. The number of hydrogen-bond donors (Lipinski definition) is 0. The molecule has 0 N–H and O–H groups in total. The van der Waals surface area contributed by atoms with E-state index in [4.69, 9.17) is 9.97 Å². The van der Waals surface area contributed by atoms with Crippen molar-refractivity contribution in [3.63, 3.8) is 0 Å². The van der Waals surface area contributed by atoms with Gasteiger partial charge in [0.15, 0.2) is 0 Å². The van der Waals surface area contributed by atoms with Crippen molar-refractivity contribution in [1.82, 2.24) is 24.2 Å². The first kappa shape index (κ1) is 21.4. The second-order valence-corrected chi connectivity index (χ2v) is 9.55. The molecule has 0 amide bonds. The van der Waals surface area contributed by atoms with Crippen LogP contribution in [0.15, 0.2) is 42.7 Å². The van der Waals surface area contributed by atoms with Crippen molar-refractivity contribution in [2.75, 3.05) is 38.6 Å². The summed E-state index contributed by atoms with van der Waals surface area (Å²) >= 11 is 0. The predicted molar refractivity (Wildman–Crippen MR) is 130 cm³/mol. The molecule has 32 heavy (non-hydrogen) atoms. The van der Waals surface area contributed by atoms with Crippen LogP contribution >= 0.6 is 0 Å². The summed E-state index contributed by atoms with van der Waals surface area (Å²) in [6.45, 7) is 6.32. The van der Waals surface area contributed by atoms with Gasteiger partial charge in [-0.05, 0) is 76.5 Å². The van der Waals surface area contributed by atoms with Gasteiger partial charge in [-0.2, -0.15) is 0 Å². The molecular formula is C26H36N6. The number of rotatable bonds is 6. The first-order valence-corrected chi connectivity index (χ1v) is 12.2. The molecule has 4 heterocycles. The van der Waals surface area contributed by atoms with Crippen molar-refractivity contribution in [2.45, 2.75) is 57.7 Å². The quantitative estimate of drug-likeness (QED) is 0.585. The van der Waals surface area contributed by atoms with E-state index in [1.807, 2.05) is 6.20 Å². The zero-order chi connectivity index (χ0) is 22.1. The summed E-state index contributed by atoms with van der Waals surface area (Å²) < 4.78 is 2.30. The van der Waals surface area contributed by atoms with Crippen LogP contribution in [0.1, 0.15) is 55.6 Å². The summed E-state index contributed by atoms with van der Waals surface area (Å²) in [4.78, 5) is 17.2. The number of nitrogens with zero attached hydrogens (tertiary/aromatic N) is 6. The van der Waals surface area contributed by atoms with Crippen LogP contribution < -0.4 is 4.90 Å². The van der Waals surface area contributed by atoms with Crippen molar-refractivity contribution in [3.05, 3.63) is 59.7 Å². The molecule has 1 atom stereocenters. The molecule has 1 aliphatic carbocycles. The van der Waals surface area contributed by atoms with Crippen LogP contribution in [-0.4, -0.2) is 63.9 Å². The van der Waals surface area contributed by atoms with E-state index < -0.39 is 0 Å². The zero-order valence-corrected chi connectivity index (χ0v) is 19.7. The van der Waals surface area contributed by atoms with Crippen LogP contribution in [0.3, 0.4) is 0 Å². The van der Waals surface area contributed by atoms with Crippen molar-refractivity contribution in [1.29, 1.82) is 0 Å². The highest BCUT2D eigenvalue weighted by molar-refractivity contribution is 5.53. The summed E-state index contributed by atoms with van der Waals surface area (Å²) in [7, 11) is 4.39. The van der Waals surface area contributed by atoms with Gasteiger partial charge in [0, 0.05) is 38.1 Å². The molecule has 170 valence electrons. The van der Waals surface area contributed by atoms with Gasteiger partial charge in [0.25, 0.3) is 0 Å². The highest BCUT2D eigenvalue weighted by atomic mass is 15.3. The standard InChI is InChI=1S/C26H36N6/c1-4-30(23-10-5-8-20-9-7-15-27-26(20)23)18-21-19-32-24(28-21)11-6-12-25(32)31-16-13-22(14-17-31)29(2)3/h6-7,9,11-12,15,19,22-23H,4-5,8,10,13-14,16-18H2,1-3H3/t23-/m0/s1. The van der Waals surface area contributed by atoms with Gasteiger partial charge in [-0.25, -0.2) is 4.98 Å². The van der Waals surface area contributed by atoms with Crippen molar-refractivity contribution >= 4 is 11.5 Å². The van der Waals surface area contributed by atoms with Crippen LogP contribution in [0.2, 0.25) is 0 Å². The minimum Gasteiger partial charge on any atom is -0.358 e.